The molecule has 0 aliphatic carbocycles. The molecule has 1 unspecified atom stereocenters. The Kier molecular flexibility index (Phi) is 3.76. The SMILES string of the molecule is CC(CN)c1cccc(N2CCNCC2=O)c1. The van der Waals surface area contributed by atoms with Crippen molar-refractivity contribution >= 4 is 11.6 Å². The van der Waals surface area contributed by atoms with Crippen LogP contribution in [0, 0.1) is 0 Å². The van der Waals surface area contributed by atoms with Gasteiger partial charge < -0.3 is 16.0 Å². The summed E-state index contributed by atoms with van der Waals surface area (Å²) in [6.45, 7) is 4.73. The molecule has 0 aromatic heterocycles. The minimum absolute atomic E-state index is 0.133. The second kappa shape index (κ2) is 5.29. The Hall–Kier alpha value is -1.39. The quantitative estimate of drug-likeness (QED) is 0.807. The number of hydrogen-bond donors (Lipinski definition) is 2. The fourth-order valence-corrected chi connectivity index (χ4v) is 2.01. The molecule has 0 radical (unpaired) electrons. The fourth-order valence-electron chi connectivity index (χ4n) is 2.01. The van der Waals surface area contributed by atoms with Gasteiger partial charge in [0, 0.05) is 18.8 Å². The maximum Gasteiger partial charge on any atom is 0.240 e. The highest BCUT2D eigenvalue weighted by Gasteiger charge is 2.19. The number of amides is 1. The van der Waals surface area contributed by atoms with Crippen molar-refractivity contribution in [3.05, 3.63) is 29.8 Å². The van der Waals surface area contributed by atoms with E-state index in [0.717, 1.165) is 18.8 Å². The van der Waals surface area contributed by atoms with Crippen LogP contribution in [0.15, 0.2) is 24.3 Å². The Morgan fingerprint density at radius 1 is 1.53 bits per heavy atom. The third-order valence-electron chi connectivity index (χ3n) is 3.19. The van der Waals surface area contributed by atoms with E-state index in [1.54, 1.807) is 0 Å². The van der Waals surface area contributed by atoms with Crippen LogP contribution in [-0.4, -0.2) is 32.1 Å². The standard InChI is InChI=1S/C13H19N3O/c1-10(8-14)11-3-2-4-12(7-11)16-6-5-15-9-13(16)17/h2-4,7,10,15H,5-6,8-9,14H2,1H3. The number of nitrogens with two attached hydrogens (primary N) is 1. The lowest BCUT2D eigenvalue weighted by Gasteiger charge is -2.28. The monoisotopic (exact) mass is 233 g/mol. The first-order valence-corrected chi connectivity index (χ1v) is 6.03. The third-order valence-corrected chi connectivity index (χ3v) is 3.19. The van der Waals surface area contributed by atoms with Crippen molar-refractivity contribution in [1.29, 1.82) is 0 Å². The van der Waals surface area contributed by atoms with Crippen LogP contribution >= 0.6 is 0 Å². The van der Waals surface area contributed by atoms with E-state index in [4.69, 9.17) is 5.73 Å². The molecule has 1 saturated heterocycles. The molecule has 0 spiro atoms. The van der Waals surface area contributed by atoms with E-state index in [0.29, 0.717) is 19.0 Å². The molecular weight excluding hydrogens is 214 g/mol. The molecule has 0 saturated carbocycles. The predicted molar refractivity (Wildman–Crippen MR) is 69.1 cm³/mol. The molecule has 1 atom stereocenters. The summed E-state index contributed by atoms with van der Waals surface area (Å²) in [7, 11) is 0. The topological polar surface area (TPSA) is 58.4 Å². The van der Waals surface area contributed by atoms with Crippen LogP contribution < -0.4 is 16.0 Å². The third kappa shape index (κ3) is 2.65. The average molecular weight is 233 g/mol. The predicted octanol–water partition coefficient (Wildman–Crippen LogP) is 0.685. The molecule has 4 heteroatoms. The van der Waals surface area contributed by atoms with Crippen LogP contribution in [0.5, 0.6) is 0 Å². The number of nitrogens with zero attached hydrogens (tertiary/aromatic N) is 1. The van der Waals surface area contributed by atoms with Gasteiger partial charge in [-0.2, -0.15) is 0 Å². The number of carbonyl (C=O) groups excluding carboxylic acids is 1. The highest BCUT2D eigenvalue weighted by atomic mass is 16.2. The zero-order valence-corrected chi connectivity index (χ0v) is 10.1. The van der Waals surface area contributed by atoms with Gasteiger partial charge in [-0.05, 0) is 30.2 Å². The Morgan fingerprint density at radius 3 is 3.06 bits per heavy atom. The maximum absolute atomic E-state index is 11.8. The van der Waals surface area contributed by atoms with Gasteiger partial charge in [-0.3, -0.25) is 4.79 Å². The van der Waals surface area contributed by atoms with E-state index < -0.39 is 0 Å². The van der Waals surface area contributed by atoms with Gasteiger partial charge in [0.2, 0.25) is 5.91 Å². The molecule has 17 heavy (non-hydrogen) atoms. The van der Waals surface area contributed by atoms with Crippen molar-refractivity contribution in [3.63, 3.8) is 0 Å². The summed E-state index contributed by atoms with van der Waals surface area (Å²) in [6, 6.07) is 8.11. The summed E-state index contributed by atoms with van der Waals surface area (Å²) in [5.41, 5.74) is 7.84. The average Bonchev–Trinajstić information content (AvgIpc) is 2.38. The smallest absolute Gasteiger partial charge is 0.240 e. The van der Waals surface area contributed by atoms with Crippen LogP contribution in [-0.2, 0) is 4.79 Å². The van der Waals surface area contributed by atoms with E-state index in [-0.39, 0.29) is 5.91 Å². The molecule has 92 valence electrons. The Morgan fingerprint density at radius 2 is 2.35 bits per heavy atom. The summed E-state index contributed by atoms with van der Waals surface area (Å²) in [5, 5.41) is 3.07. The second-order valence-electron chi connectivity index (χ2n) is 4.45. The van der Waals surface area contributed by atoms with Crippen molar-refractivity contribution in [2.45, 2.75) is 12.8 Å². The largest absolute Gasteiger partial charge is 0.330 e. The minimum atomic E-state index is 0.133. The first-order valence-electron chi connectivity index (χ1n) is 6.03. The highest BCUT2D eigenvalue weighted by Crippen LogP contribution is 2.22. The normalized spacial score (nSPS) is 18.2. The zero-order chi connectivity index (χ0) is 12.3. The number of hydrogen-bond acceptors (Lipinski definition) is 3. The van der Waals surface area contributed by atoms with Gasteiger partial charge in [-0.15, -0.1) is 0 Å². The van der Waals surface area contributed by atoms with Gasteiger partial charge in [-0.1, -0.05) is 19.1 Å². The molecule has 1 amide bonds. The summed E-state index contributed by atoms with van der Waals surface area (Å²) in [6.07, 6.45) is 0. The van der Waals surface area contributed by atoms with E-state index in [2.05, 4.69) is 24.4 Å². The number of anilines is 1. The van der Waals surface area contributed by atoms with Gasteiger partial charge in [0.15, 0.2) is 0 Å². The van der Waals surface area contributed by atoms with Gasteiger partial charge in [0.25, 0.3) is 0 Å². The number of benzene rings is 1. The molecule has 3 N–H and O–H groups in total. The molecule has 1 fully saturated rings. The first-order chi connectivity index (χ1) is 8.22. The van der Waals surface area contributed by atoms with Crippen LogP contribution in [0.25, 0.3) is 0 Å². The summed E-state index contributed by atoms with van der Waals surface area (Å²) < 4.78 is 0. The molecule has 1 aliphatic heterocycles. The molecular formula is C13H19N3O. The van der Waals surface area contributed by atoms with E-state index in [1.165, 1.54) is 5.56 Å². The lowest BCUT2D eigenvalue weighted by Crippen LogP contribution is -2.48. The Bertz CT molecular complexity index is 405. The number of nitrogens with one attached hydrogen (secondary N) is 1. The Labute approximate surface area is 102 Å². The fraction of sp³-hybridized carbons (Fsp3) is 0.462. The van der Waals surface area contributed by atoms with Gasteiger partial charge in [0.1, 0.15) is 0 Å². The maximum atomic E-state index is 11.8. The van der Waals surface area contributed by atoms with Crippen LogP contribution in [0.1, 0.15) is 18.4 Å². The van der Waals surface area contributed by atoms with E-state index >= 15 is 0 Å². The molecule has 1 aromatic carbocycles. The van der Waals surface area contributed by atoms with E-state index in [9.17, 15) is 4.79 Å². The van der Waals surface area contributed by atoms with Gasteiger partial charge in [-0.25, -0.2) is 0 Å². The summed E-state index contributed by atoms with van der Waals surface area (Å²) in [5.74, 6) is 0.460. The minimum Gasteiger partial charge on any atom is -0.330 e. The number of carbonyl (C=O) groups is 1. The molecule has 1 aromatic rings. The molecule has 1 heterocycles. The molecule has 2 rings (SSSR count). The van der Waals surface area contributed by atoms with Crippen LogP contribution in [0.4, 0.5) is 5.69 Å². The zero-order valence-electron chi connectivity index (χ0n) is 10.1. The highest BCUT2D eigenvalue weighted by molar-refractivity contribution is 5.95. The summed E-state index contributed by atoms with van der Waals surface area (Å²) in [4.78, 5) is 13.6. The van der Waals surface area contributed by atoms with Crippen molar-refractivity contribution < 1.29 is 4.79 Å². The van der Waals surface area contributed by atoms with Crippen molar-refractivity contribution in [3.8, 4) is 0 Å². The van der Waals surface area contributed by atoms with E-state index in [1.807, 2.05) is 17.0 Å². The molecule has 4 nitrogen and oxygen atoms in total. The van der Waals surface area contributed by atoms with Crippen molar-refractivity contribution in [1.82, 2.24) is 5.32 Å². The lowest BCUT2D eigenvalue weighted by atomic mass is 10.0. The van der Waals surface area contributed by atoms with Crippen LogP contribution in [0.2, 0.25) is 0 Å². The van der Waals surface area contributed by atoms with Crippen molar-refractivity contribution in [2.75, 3.05) is 31.1 Å². The lowest BCUT2D eigenvalue weighted by molar-refractivity contribution is -0.118. The number of rotatable bonds is 3. The van der Waals surface area contributed by atoms with Crippen LogP contribution in [0.3, 0.4) is 0 Å². The van der Waals surface area contributed by atoms with Gasteiger partial charge in [0.05, 0.1) is 6.54 Å². The Balaban J connectivity index is 2.23. The first kappa shape index (κ1) is 12.1. The second-order valence-corrected chi connectivity index (χ2v) is 4.45. The van der Waals surface area contributed by atoms with Gasteiger partial charge >= 0.3 is 0 Å². The molecule has 1 aliphatic rings. The number of piperazine rings is 1. The van der Waals surface area contributed by atoms with Crippen molar-refractivity contribution in [2.24, 2.45) is 5.73 Å². The summed E-state index contributed by atoms with van der Waals surface area (Å²) >= 11 is 0. The molecule has 0 bridgehead atoms.